The van der Waals surface area contributed by atoms with E-state index in [1.165, 1.54) is 11.1 Å². The number of ether oxygens (including phenoxy) is 2. The van der Waals surface area contributed by atoms with Gasteiger partial charge in [0, 0.05) is 22.5 Å². The highest BCUT2D eigenvalue weighted by atomic mass is 35.5. The minimum atomic E-state index is -0.550. The van der Waals surface area contributed by atoms with E-state index in [9.17, 15) is 4.79 Å². The first-order chi connectivity index (χ1) is 14.9. The summed E-state index contributed by atoms with van der Waals surface area (Å²) in [5, 5.41) is 8.40. The van der Waals surface area contributed by atoms with Crippen LogP contribution in [0.2, 0.25) is 5.02 Å². The van der Waals surface area contributed by atoms with Gasteiger partial charge in [-0.05, 0) is 55.7 Å². The lowest BCUT2D eigenvalue weighted by Gasteiger charge is -2.25. The Balaban J connectivity index is 1.32. The van der Waals surface area contributed by atoms with Crippen molar-refractivity contribution in [1.82, 2.24) is 15.6 Å². The molecule has 0 saturated carbocycles. The van der Waals surface area contributed by atoms with Crippen LogP contribution in [0.5, 0.6) is 0 Å². The Morgan fingerprint density at radius 1 is 1.23 bits per heavy atom. The molecule has 3 aromatic rings. The second-order valence-corrected chi connectivity index (χ2v) is 9.17. The first kappa shape index (κ1) is 20.5. The lowest BCUT2D eigenvalue weighted by atomic mass is 10.1. The summed E-state index contributed by atoms with van der Waals surface area (Å²) in [6.45, 7) is 5.06. The third-order valence-corrected chi connectivity index (χ3v) is 6.24. The van der Waals surface area contributed by atoms with Crippen LogP contribution in [0.1, 0.15) is 41.5 Å². The van der Waals surface area contributed by atoms with Gasteiger partial charge >= 0.3 is 0 Å². The average molecular weight is 440 g/mol. The lowest BCUT2D eigenvalue weighted by Crippen LogP contribution is -2.44. The Labute approximate surface area is 186 Å². The molecule has 1 aliphatic heterocycles. The fourth-order valence-electron chi connectivity index (χ4n) is 4.58. The summed E-state index contributed by atoms with van der Waals surface area (Å²) in [5.74, 6) is -0.676. The molecule has 1 fully saturated rings. The summed E-state index contributed by atoms with van der Waals surface area (Å²) < 4.78 is 11.6. The summed E-state index contributed by atoms with van der Waals surface area (Å²) in [5.41, 5.74) is 3.88. The van der Waals surface area contributed by atoms with Crippen LogP contribution in [0.15, 0.2) is 48.5 Å². The van der Waals surface area contributed by atoms with Gasteiger partial charge < -0.3 is 25.1 Å². The number of benzene rings is 2. The van der Waals surface area contributed by atoms with Crippen LogP contribution in [0.4, 0.5) is 0 Å². The molecule has 3 N–H and O–H groups in total. The molecule has 31 heavy (non-hydrogen) atoms. The largest absolute Gasteiger partial charge is 0.351 e. The van der Waals surface area contributed by atoms with E-state index in [0.717, 1.165) is 17.3 Å². The zero-order valence-corrected chi connectivity index (χ0v) is 18.3. The van der Waals surface area contributed by atoms with E-state index >= 15 is 0 Å². The molecule has 0 bridgehead atoms. The van der Waals surface area contributed by atoms with Gasteiger partial charge in [-0.2, -0.15) is 0 Å². The topological polar surface area (TPSA) is 75.4 Å². The summed E-state index contributed by atoms with van der Waals surface area (Å²) in [6, 6.07) is 15.7. The molecule has 6 nitrogen and oxygen atoms in total. The Bertz CT molecular complexity index is 1130. The minimum absolute atomic E-state index is 0.00582. The normalized spacial score (nSPS) is 24.4. The van der Waals surface area contributed by atoms with Gasteiger partial charge in [-0.25, -0.2) is 0 Å². The third-order valence-electron chi connectivity index (χ3n) is 6.01. The van der Waals surface area contributed by atoms with Crippen molar-refractivity contribution in [3.05, 3.63) is 70.4 Å². The van der Waals surface area contributed by atoms with E-state index < -0.39 is 5.79 Å². The van der Waals surface area contributed by atoms with Crippen LogP contribution in [-0.2, 0) is 15.9 Å². The van der Waals surface area contributed by atoms with E-state index in [1.807, 2.05) is 50.2 Å². The number of aromatic nitrogens is 1. The van der Waals surface area contributed by atoms with Crippen molar-refractivity contribution in [2.24, 2.45) is 0 Å². The molecule has 0 radical (unpaired) electrons. The van der Waals surface area contributed by atoms with Crippen LogP contribution in [0, 0.1) is 0 Å². The van der Waals surface area contributed by atoms with Crippen molar-refractivity contribution in [3.63, 3.8) is 0 Å². The lowest BCUT2D eigenvalue weighted by molar-refractivity contribution is -0.137. The van der Waals surface area contributed by atoms with E-state index in [-0.39, 0.29) is 24.1 Å². The Morgan fingerprint density at radius 2 is 2.06 bits per heavy atom. The summed E-state index contributed by atoms with van der Waals surface area (Å²) >= 11 is 6.08. The second kappa shape index (κ2) is 7.95. The van der Waals surface area contributed by atoms with Gasteiger partial charge in [0.2, 0.25) is 0 Å². The predicted molar refractivity (Wildman–Crippen MR) is 120 cm³/mol. The van der Waals surface area contributed by atoms with Crippen LogP contribution in [0.3, 0.4) is 0 Å². The maximum absolute atomic E-state index is 13.0. The highest BCUT2D eigenvalue weighted by Crippen LogP contribution is 2.32. The van der Waals surface area contributed by atoms with Crippen molar-refractivity contribution in [2.45, 2.75) is 44.2 Å². The van der Waals surface area contributed by atoms with Gasteiger partial charge in [0.15, 0.2) is 5.79 Å². The van der Waals surface area contributed by atoms with Crippen molar-refractivity contribution >= 4 is 28.4 Å². The number of amides is 1. The smallest absolute Gasteiger partial charge is 0.268 e. The summed E-state index contributed by atoms with van der Waals surface area (Å²) in [4.78, 5) is 16.2. The molecule has 1 saturated heterocycles. The van der Waals surface area contributed by atoms with Gasteiger partial charge in [-0.15, -0.1) is 0 Å². The SMILES string of the molecule is CC1(C)OC[C@@H](CN[C@H]2c3ccccc3C[C@H]2NC(=O)c2cc3cc(Cl)ccc3[nH]2)O1. The molecule has 1 amide bonds. The molecule has 0 unspecified atom stereocenters. The fourth-order valence-corrected chi connectivity index (χ4v) is 4.76. The second-order valence-electron chi connectivity index (χ2n) is 8.73. The first-order valence-corrected chi connectivity index (χ1v) is 11.0. The maximum atomic E-state index is 13.0. The van der Waals surface area contributed by atoms with E-state index in [4.69, 9.17) is 21.1 Å². The highest BCUT2D eigenvalue weighted by molar-refractivity contribution is 6.31. The first-order valence-electron chi connectivity index (χ1n) is 10.6. The summed E-state index contributed by atoms with van der Waals surface area (Å²) in [7, 11) is 0. The predicted octanol–water partition coefficient (Wildman–Crippen LogP) is 3.96. The number of carbonyl (C=O) groups is 1. The molecule has 2 aliphatic rings. The number of hydrogen-bond donors (Lipinski definition) is 3. The minimum Gasteiger partial charge on any atom is -0.351 e. The number of nitrogens with one attached hydrogen (secondary N) is 3. The maximum Gasteiger partial charge on any atom is 0.268 e. The molecule has 162 valence electrons. The molecule has 5 rings (SSSR count). The molecule has 1 aliphatic carbocycles. The van der Waals surface area contributed by atoms with Crippen molar-refractivity contribution in [2.75, 3.05) is 13.2 Å². The molecular formula is C24H26ClN3O3. The van der Waals surface area contributed by atoms with Crippen molar-refractivity contribution in [1.29, 1.82) is 0 Å². The Kier molecular flexibility index (Phi) is 5.26. The fraction of sp³-hybridized carbons (Fsp3) is 0.375. The van der Waals surface area contributed by atoms with E-state index in [2.05, 4.69) is 27.8 Å². The van der Waals surface area contributed by atoms with Crippen molar-refractivity contribution < 1.29 is 14.3 Å². The number of halogens is 1. The van der Waals surface area contributed by atoms with E-state index in [0.29, 0.717) is 23.9 Å². The quantitative estimate of drug-likeness (QED) is 0.562. The molecule has 7 heteroatoms. The number of aromatic amines is 1. The van der Waals surface area contributed by atoms with Gasteiger partial charge in [0.25, 0.3) is 5.91 Å². The van der Waals surface area contributed by atoms with Crippen molar-refractivity contribution in [3.8, 4) is 0 Å². The molecule has 2 aromatic carbocycles. The average Bonchev–Trinajstić information content (AvgIpc) is 3.40. The zero-order chi connectivity index (χ0) is 21.6. The van der Waals surface area contributed by atoms with Gasteiger partial charge in [-0.1, -0.05) is 35.9 Å². The van der Waals surface area contributed by atoms with Crippen LogP contribution >= 0.6 is 11.6 Å². The number of fused-ring (bicyclic) bond motifs is 2. The monoisotopic (exact) mass is 439 g/mol. The van der Waals surface area contributed by atoms with Gasteiger partial charge in [-0.3, -0.25) is 4.79 Å². The Morgan fingerprint density at radius 3 is 2.87 bits per heavy atom. The van der Waals surface area contributed by atoms with E-state index in [1.54, 1.807) is 0 Å². The molecule has 1 aromatic heterocycles. The number of carbonyl (C=O) groups excluding carboxylic acids is 1. The standard InChI is InChI=1S/C24H26ClN3O3/c1-24(2)30-13-17(31-24)12-26-22-18-6-4-3-5-14(18)10-20(22)28-23(29)21-11-15-9-16(25)7-8-19(15)27-21/h3-9,11,17,20,22,26-27H,10,12-13H2,1-2H3,(H,28,29)/t17-,20-,22+/m1/s1. The summed E-state index contributed by atoms with van der Waals surface area (Å²) in [6.07, 6.45) is 0.761. The Hall–Kier alpha value is -2.38. The molecule has 2 heterocycles. The zero-order valence-electron chi connectivity index (χ0n) is 17.6. The van der Waals surface area contributed by atoms with Gasteiger partial charge in [0.1, 0.15) is 5.69 Å². The van der Waals surface area contributed by atoms with Gasteiger partial charge in [0.05, 0.1) is 24.8 Å². The van der Waals surface area contributed by atoms with Crippen LogP contribution in [0.25, 0.3) is 10.9 Å². The number of rotatable bonds is 5. The van der Waals surface area contributed by atoms with Crippen LogP contribution in [-0.4, -0.2) is 42.0 Å². The number of hydrogen-bond acceptors (Lipinski definition) is 4. The molecule has 0 spiro atoms. The van der Waals surface area contributed by atoms with Crippen LogP contribution < -0.4 is 10.6 Å². The number of H-pyrrole nitrogens is 1. The third kappa shape index (κ3) is 4.21. The molecule has 3 atom stereocenters. The molecular weight excluding hydrogens is 414 g/mol. The highest BCUT2D eigenvalue weighted by Gasteiger charge is 2.36.